The van der Waals surface area contributed by atoms with Gasteiger partial charge < -0.3 is 10.1 Å². The van der Waals surface area contributed by atoms with E-state index in [1.165, 1.54) is 11.4 Å². The molecule has 8 heteroatoms. The van der Waals surface area contributed by atoms with Crippen LogP contribution in [0.1, 0.15) is 28.8 Å². The quantitative estimate of drug-likeness (QED) is 0.704. The maximum atomic E-state index is 12.1. The Morgan fingerprint density at radius 3 is 2.72 bits per heavy atom. The largest absolute Gasteiger partial charge is 0.447 e. The Hall–Kier alpha value is -3.29. The SMILES string of the molecule is Cc1ccnc2nc(C(=O)O[C@@H](C)C(=O)NCc3ccccc3)nn12. The second kappa shape index (κ2) is 7.08. The van der Waals surface area contributed by atoms with E-state index in [9.17, 15) is 9.59 Å². The molecule has 25 heavy (non-hydrogen) atoms. The standard InChI is InChI=1S/C17H17N5O3/c1-11-8-9-18-17-20-14(21-22(11)17)16(24)25-12(2)15(23)19-10-13-6-4-3-5-7-13/h3-9,12H,10H2,1-2H3,(H,19,23)/t12-/m0/s1. The molecule has 0 unspecified atom stereocenters. The predicted molar refractivity (Wildman–Crippen MR) is 88.7 cm³/mol. The maximum Gasteiger partial charge on any atom is 0.379 e. The van der Waals surface area contributed by atoms with E-state index in [0.29, 0.717) is 12.3 Å². The zero-order valence-electron chi connectivity index (χ0n) is 13.8. The van der Waals surface area contributed by atoms with Gasteiger partial charge in [0.05, 0.1) is 0 Å². The van der Waals surface area contributed by atoms with E-state index >= 15 is 0 Å². The van der Waals surface area contributed by atoms with Gasteiger partial charge in [0, 0.05) is 18.4 Å². The molecule has 0 aliphatic rings. The zero-order valence-corrected chi connectivity index (χ0v) is 13.8. The maximum absolute atomic E-state index is 12.1. The molecule has 1 aromatic carbocycles. The highest BCUT2D eigenvalue weighted by atomic mass is 16.5. The molecule has 3 aromatic rings. The van der Waals surface area contributed by atoms with Gasteiger partial charge in [-0.05, 0) is 25.5 Å². The fourth-order valence-corrected chi connectivity index (χ4v) is 2.19. The van der Waals surface area contributed by atoms with Crippen molar-refractivity contribution in [2.45, 2.75) is 26.5 Å². The Morgan fingerprint density at radius 1 is 1.24 bits per heavy atom. The van der Waals surface area contributed by atoms with E-state index in [1.807, 2.05) is 37.3 Å². The third kappa shape index (κ3) is 3.79. The minimum atomic E-state index is -0.961. The number of rotatable bonds is 5. The molecule has 8 nitrogen and oxygen atoms in total. The van der Waals surface area contributed by atoms with Crippen LogP contribution in [-0.2, 0) is 16.1 Å². The molecule has 0 radical (unpaired) electrons. The van der Waals surface area contributed by atoms with Crippen LogP contribution in [0.15, 0.2) is 42.6 Å². The number of carbonyl (C=O) groups is 2. The summed E-state index contributed by atoms with van der Waals surface area (Å²) >= 11 is 0. The van der Waals surface area contributed by atoms with Crippen molar-refractivity contribution in [3.8, 4) is 0 Å². The van der Waals surface area contributed by atoms with Crippen LogP contribution in [0, 0.1) is 6.92 Å². The minimum Gasteiger partial charge on any atom is -0.447 e. The van der Waals surface area contributed by atoms with Crippen molar-refractivity contribution in [1.82, 2.24) is 24.9 Å². The van der Waals surface area contributed by atoms with E-state index in [-0.39, 0.29) is 5.82 Å². The molecule has 1 atom stereocenters. The number of fused-ring (bicyclic) bond motifs is 1. The van der Waals surface area contributed by atoms with Gasteiger partial charge in [-0.15, -0.1) is 5.10 Å². The molecule has 0 aliphatic heterocycles. The van der Waals surface area contributed by atoms with Gasteiger partial charge in [0.15, 0.2) is 6.10 Å². The van der Waals surface area contributed by atoms with Crippen molar-refractivity contribution in [3.63, 3.8) is 0 Å². The van der Waals surface area contributed by atoms with Crippen LogP contribution in [0.25, 0.3) is 5.78 Å². The lowest BCUT2D eigenvalue weighted by molar-refractivity contribution is -0.129. The van der Waals surface area contributed by atoms with Crippen LogP contribution in [0.4, 0.5) is 0 Å². The first-order chi connectivity index (χ1) is 12.0. The van der Waals surface area contributed by atoms with Crippen molar-refractivity contribution >= 4 is 17.7 Å². The van der Waals surface area contributed by atoms with E-state index in [2.05, 4.69) is 20.4 Å². The third-order valence-corrected chi connectivity index (χ3v) is 3.58. The Labute approximate surface area is 143 Å². The summed E-state index contributed by atoms with van der Waals surface area (Å²) in [6.45, 7) is 3.67. The van der Waals surface area contributed by atoms with E-state index in [1.54, 1.807) is 12.3 Å². The number of aromatic nitrogens is 4. The van der Waals surface area contributed by atoms with Crippen LogP contribution in [0.2, 0.25) is 0 Å². The third-order valence-electron chi connectivity index (χ3n) is 3.58. The fraction of sp³-hybridized carbons (Fsp3) is 0.235. The summed E-state index contributed by atoms with van der Waals surface area (Å²) in [7, 11) is 0. The van der Waals surface area contributed by atoms with Gasteiger partial charge in [0.1, 0.15) is 0 Å². The van der Waals surface area contributed by atoms with Gasteiger partial charge in [-0.25, -0.2) is 14.3 Å². The van der Waals surface area contributed by atoms with Gasteiger partial charge in [0.25, 0.3) is 17.5 Å². The number of hydrogen-bond acceptors (Lipinski definition) is 6. The first kappa shape index (κ1) is 16.6. The highest BCUT2D eigenvalue weighted by molar-refractivity contribution is 5.89. The molecule has 1 amide bonds. The lowest BCUT2D eigenvalue weighted by Crippen LogP contribution is -2.35. The molecular weight excluding hydrogens is 322 g/mol. The molecule has 2 heterocycles. The molecule has 0 aliphatic carbocycles. The van der Waals surface area contributed by atoms with Crippen molar-refractivity contribution < 1.29 is 14.3 Å². The molecule has 1 N–H and O–H groups in total. The van der Waals surface area contributed by atoms with E-state index in [4.69, 9.17) is 4.74 Å². The molecule has 0 spiro atoms. The van der Waals surface area contributed by atoms with Crippen LogP contribution < -0.4 is 5.32 Å². The number of nitrogens with zero attached hydrogens (tertiary/aromatic N) is 4. The van der Waals surface area contributed by atoms with Crippen molar-refractivity contribution in [2.24, 2.45) is 0 Å². The summed E-state index contributed by atoms with van der Waals surface area (Å²) in [5.74, 6) is -1.000. The second-order valence-corrected chi connectivity index (χ2v) is 5.48. The van der Waals surface area contributed by atoms with Crippen LogP contribution in [0.5, 0.6) is 0 Å². The highest BCUT2D eigenvalue weighted by Crippen LogP contribution is 2.05. The Bertz CT molecular complexity index is 907. The van der Waals surface area contributed by atoms with Gasteiger partial charge in [-0.2, -0.15) is 4.98 Å². The summed E-state index contributed by atoms with van der Waals surface area (Å²) < 4.78 is 6.58. The topological polar surface area (TPSA) is 98.5 Å². The number of nitrogens with one attached hydrogen (secondary N) is 1. The normalized spacial score (nSPS) is 11.9. The lowest BCUT2D eigenvalue weighted by Gasteiger charge is -2.12. The van der Waals surface area contributed by atoms with Gasteiger partial charge in [0.2, 0.25) is 0 Å². The van der Waals surface area contributed by atoms with Crippen LogP contribution in [-0.4, -0.2) is 37.6 Å². The summed E-state index contributed by atoms with van der Waals surface area (Å²) in [6, 6.07) is 11.2. The van der Waals surface area contributed by atoms with E-state index < -0.39 is 18.0 Å². The van der Waals surface area contributed by atoms with Crippen molar-refractivity contribution in [3.05, 3.63) is 59.7 Å². The Balaban J connectivity index is 1.61. The first-order valence-corrected chi connectivity index (χ1v) is 7.75. The number of ether oxygens (including phenoxy) is 1. The average molecular weight is 339 g/mol. The van der Waals surface area contributed by atoms with Crippen molar-refractivity contribution in [2.75, 3.05) is 0 Å². The molecule has 0 bridgehead atoms. The number of carbonyl (C=O) groups excluding carboxylic acids is 2. The number of benzene rings is 1. The molecule has 128 valence electrons. The van der Waals surface area contributed by atoms with Crippen molar-refractivity contribution in [1.29, 1.82) is 0 Å². The second-order valence-electron chi connectivity index (χ2n) is 5.48. The molecule has 2 aromatic heterocycles. The smallest absolute Gasteiger partial charge is 0.379 e. The Kier molecular flexibility index (Phi) is 4.69. The Morgan fingerprint density at radius 2 is 2.00 bits per heavy atom. The van der Waals surface area contributed by atoms with Gasteiger partial charge in [-0.3, -0.25) is 4.79 Å². The lowest BCUT2D eigenvalue weighted by atomic mass is 10.2. The zero-order chi connectivity index (χ0) is 17.8. The fourth-order valence-electron chi connectivity index (χ4n) is 2.19. The molecule has 0 fully saturated rings. The summed E-state index contributed by atoms with van der Waals surface area (Å²) in [5, 5.41) is 6.77. The number of esters is 1. The number of hydrogen-bond donors (Lipinski definition) is 1. The minimum absolute atomic E-state index is 0.135. The monoisotopic (exact) mass is 339 g/mol. The summed E-state index contributed by atoms with van der Waals surface area (Å²) in [6.07, 6.45) is 0.616. The van der Waals surface area contributed by atoms with Gasteiger partial charge >= 0.3 is 5.97 Å². The van der Waals surface area contributed by atoms with Crippen LogP contribution >= 0.6 is 0 Å². The molecule has 0 saturated heterocycles. The molecule has 0 saturated carbocycles. The van der Waals surface area contributed by atoms with Gasteiger partial charge in [-0.1, -0.05) is 30.3 Å². The van der Waals surface area contributed by atoms with E-state index in [0.717, 1.165) is 11.3 Å². The number of aryl methyl sites for hydroxylation is 1. The first-order valence-electron chi connectivity index (χ1n) is 7.75. The van der Waals surface area contributed by atoms with Crippen LogP contribution in [0.3, 0.4) is 0 Å². The highest BCUT2D eigenvalue weighted by Gasteiger charge is 2.22. The predicted octanol–water partition coefficient (Wildman–Crippen LogP) is 1.29. The number of amides is 1. The molecular formula is C17H17N5O3. The summed E-state index contributed by atoms with van der Waals surface area (Å²) in [5.41, 5.74) is 1.74. The molecule has 3 rings (SSSR count). The summed E-state index contributed by atoms with van der Waals surface area (Å²) in [4.78, 5) is 32.2. The average Bonchev–Trinajstić information content (AvgIpc) is 3.06.